The van der Waals surface area contributed by atoms with Crippen molar-refractivity contribution in [1.29, 1.82) is 0 Å². The lowest BCUT2D eigenvalue weighted by Gasteiger charge is -2.08. The molecule has 1 aliphatic carbocycles. The first-order valence-electron chi connectivity index (χ1n) is 6.83. The average Bonchev–Trinajstić information content (AvgIpc) is 3.00. The summed E-state index contributed by atoms with van der Waals surface area (Å²) < 4.78 is 12.0. The Balaban J connectivity index is 1.61. The zero-order valence-corrected chi connectivity index (χ0v) is 13.2. The summed E-state index contributed by atoms with van der Waals surface area (Å²) in [6, 6.07) is 10.1. The minimum atomic E-state index is 0.638. The molecule has 1 fully saturated rings. The molecule has 3 rings (SSSR count). The van der Waals surface area contributed by atoms with Crippen molar-refractivity contribution in [2.75, 3.05) is 12.4 Å². The number of furan rings is 1. The van der Waals surface area contributed by atoms with Gasteiger partial charge in [-0.15, -0.1) is 0 Å². The van der Waals surface area contributed by atoms with Crippen LogP contribution in [0.4, 0.5) is 5.69 Å². The lowest BCUT2D eigenvalue weighted by Crippen LogP contribution is -1.98. The molecule has 0 saturated heterocycles. The molecule has 0 bridgehead atoms. The van der Waals surface area contributed by atoms with Gasteiger partial charge >= 0.3 is 0 Å². The van der Waals surface area contributed by atoms with Crippen molar-refractivity contribution in [2.24, 2.45) is 5.92 Å². The lowest BCUT2D eigenvalue weighted by molar-refractivity contribution is 0.412. The maximum atomic E-state index is 5.88. The zero-order chi connectivity index (χ0) is 14.1. The summed E-state index contributed by atoms with van der Waals surface area (Å²) in [5.74, 6) is 4.35. The predicted molar refractivity (Wildman–Crippen MR) is 83.3 cm³/mol. The minimum absolute atomic E-state index is 0.638. The van der Waals surface area contributed by atoms with Crippen LogP contribution in [0.3, 0.4) is 0 Å². The molecular weight excluding hydrogens is 318 g/mol. The van der Waals surface area contributed by atoms with E-state index in [0.29, 0.717) is 12.5 Å². The Morgan fingerprint density at radius 3 is 2.80 bits per heavy atom. The molecule has 3 nitrogen and oxygen atoms in total. The highest BCUT2D eigenvalue weighted by atomic mass is 79.9. The highest BCUT2D eigenvalue weighted by Crippen LogP contribution is 2.47. The van der Waals surface area contributed by atoms with E-state index in [4.69, 9.17) is 9.15 Å². The third-order valence-electron chi connectivity index (χ3n) is 3.78. The minimum Gasteiger partial charge on any atom is -0.496 e. The number of halogens is 1. The van der Waals surface area contributed by atoms with E-state index < -0.39 is 0 Å². The van der Waals surface area contributed by atoms with Crippen molar-refractivity contribution in [3.8, 4) is 5.75 Å². The monoisotopic (exact) mass is 335 g/mol. The van der Waals surface area contributed by atoms with E-state index in [9.17, 15) is 0 Å². The van der Waals surface area contributed by atoms with Gasteiger partial charge in [0, 0.05) is 11.6 Å². The second kappa shape index (κ2) is 5.52. The van der Waals surface area contributed by atoms with E-state index >= 15 is 0 Å². The normalized spacial score (nSPS) is 20.8. The van der Waals surface area contributed by atoms with Crippen molar-refractivity contribution >= 4 is 21.6 Å². The summed E-state index contributed by atoms with van der Waals surface area (Å²) in [5.41, 5.74) is 1.04. The molecule has 0 radical (unpaired) electrons. The van der Waals surface area contributed by atoms with Crippen LogP contribution >= 0.6 is 15.9 Å². The molecule has 2 aromatic rings. The number of ether oxygens (including phenoxy) is 1. The van der Waals surface area contributed by atoms with Crippen LogP contribution in [-0.2, 0) is 6.54 Å². The summed E-state index contributed by atoms with van der Waals surface area (Å²) >= 11 is 3.48. The van der Waals surface area contributed by atoms with Crippen molar-refractivity contribution in [3.63, 3.8) is 0 Å². The van der Waals surface area contributed by atoms with Gasteiger partial charge in [0.05, 0.1) is 18.1 Å². The molecule has 0 aliphatic heterocycles. The fourth-order valence-corrected chi connectivity index (χ4v) is 2.91. The summed E-state index contributed by atoms with van der Waals surface area (Å²) in [6.45, 7) is 2.96. The number of benzene rings is 1. The maximum absolute atomic E-state index is 5.88. The van der Waals surface area contributed by atoms with Gasteiger partial charge in [-0.1, -0.05) is 6.92 Å². The Labute approximate surface area is 127 Å². The molecular formula is C16H18BrNO2. The molecule has 20 heavy (non-hydrogen) atoms. The van der Waals surface area contributed by atoms with Crippen LogP contribution in [0, 0.1) is 5.92 Å². The first-order valence-corrected chi connectivity index (χ1v) is 7.62. The number of methoxy groups -OCH3 is 1. The van der Waals surface area contributed by atoms with Gasteiger partial charge in [0.2, 0.25) is 0 Å². The van der Waals surface area contributed by atoms with Gasteiger partial charge in [0.15, 0.2) is 0 Å². The highest BCUT2D eigenvalue weighted by molar-refractivity contribution is 9.10. The van der Waals surface area contributed by atoms with E-state index in [-0.39, 0.29) is 0 Å². The van der Waals surface area contributed by atoms with E-state index in [1.165, 1.54) is 6.42 Å². The number of rotatable bonds is 5. The van der Waals surface area contributed by atoms with Crippen LogP contribution in [-0.4, -0.2) is 7.11 Å². The van der Waals surface area contributed by atoms with E-state index in [1.54, 1.807) is 7.11 Å². The fraction of sp³-hybridized carbons (Fsp3) is 0.375. The van der Waals surface area contributed by atoms with Crippen LogP contribution < -0.4 is 10.1 Å². The molecule has 2 atom stereocenters. The Morgan fingerprint density at radius 2 is 2.15 bits per heavy atom. The van der Waals surface area contributed by atoms with Crippen LogP contribution in [0.15, 0.2) is 39.2 Å². The van der Waals surface area contributed by atoms with Crippen LogP contribution in [0.1, 0.15) is 30.8 Å². The number of anilines is 1. The van der Waals surface area contributed by atoms with Crippen LogP contribution in [0.5, 0.6) is 5.75 Å². The van der Waals surface area contributed by atoms with Gasteiger partial charge in [0.25, 0.3) is 0 Å². The van der Waals surface area contributed by atoms with Gasteiger partial charge in [-0.3, -0.25) is 0 Å². The summed E-state index contributed by atoms with van der Waals surface area (Å²) in [5, 5.41) is 3.36. The van der Waals surface area contributed by atoms with Crippen molar-refractivity contribution in [1.82, 2.24) is 0 Å². The zero-order valence-electron chi connectivity index (χ0n) is 11.7. The molecule has 0 amide bonds. The topological polar surface area (TPSA) is 34.4 Å². The smallest absolute Gasteiger partial charge is 0.133 e. The van der Waals surface area contributed by atoms with Crippen molar-refractivity contribution in [3.05, 3.63) is 46.3 Å². The third-order valence-corrected chi connectivity index (χ3v) is 4.40. The molecule has 1 saturated carbocycles. The molecule has 1 heterocycles. The van der Waals surface area contributed by atoms with Gasteiger partial charge in [0.1, 0.15) is 17.3 Å². The largest absolute Gasteiger partial charge is 0.496 e. The third kappa shape index (κ3) is 2.85. The quantitative estimate of drug-likeness (QED) is 0.853. The molecule has 0 spiro atoms. The SMILES string of the molecule is COc1ccc(NCc2ccc(C3CC3C)o2)cc1Br. The molecule has 106 valence electrons. The van der Waals surface area contributed by atoms with Crippen molar-refractivity contribution < 1.29 is 9.15 Å². The maximum Gasteiger partial charge on any atom is 0.133 e. The Hall–Kier alpha value is -1.42. The second-order valence-corrected chi connectivity index (χ2v) is 6.18. The van der Waals surface area contributed by atoms with Crippen LogP contribution in [0.2, 0.25) is 0 Å². The average molecular weight is 336 g/mol. The Morgan fingerprint density at radius 1 is 1.35 bits per heavy atom. The summed E-state index contributed by atoms with van der Waals surface area (Å²) in [7, 11) is 1.66. The molecule has 4 heteroatoms. The van der Waals surface area contributed by atoms with Crippen molar-refractivity contribution in [2.45, 2.75) is 25.8 Å². The van der Waals surface area contributed by atoms with Gasteiger partial charge in [-0.2, -0.15) is 0 Å². The summed E-state index contributed by atoms with van der Waals surface area (Å²) in [4.78, 5) is 0. The molecule has 1 N–H and O–H groups in total. The fourth-order valence-electron chi connectivity index (χ4n) is 2.37. The Kier molecular flexibility index (Phi) is 3.74. The Bertz CT molecular complexity index is 608. The second-order valence-electron chi connectivity index (χ2n) is 5.33. The van der Waals surface area contributed by atoms with E-state index in [0.717, 1.165) is 33.3 Å². The van der Waals surface area contributed by atoms with E-state index in [2.05, 4.69) is 40.3 Å². The lowest BCUT2D eigenvalue weighted by atomic mass is 10.3. The van der Waals surface area contributed by atoms with Gasteiger partial charge in [-0.05, 0) is 58.6 Å². The standard InChI is InChI=1S/C16H18BrNO2/c1-10-7-13(10)15-6-4-12(20-15)9-18-11-3-5-16(19-2)14(17)8-11/h3-6,8,10,13,18H,7,9H2,1-2H3. The number of nitrogens with one attached hydrogen (secondary N) is 1. The molecule has 1 aromatic carbocycles. The number of hydrogen-bond acceptors (Lipinski definition) is 3. The first-order chi connectivity index (χ1) is 9.67. The molecule has 1 aliphatic rings. The van der Waals surface area contributed by atoms with Gasteiger partial charge in [-0.25, -0.2) is 0 Å². The van der Waals surface area contributed by atoms with E-state index in [1.807, 2.05) is 18.2 Å². The predicted octanol–water partition coefficient (Wildman–Crippen LogP) is 4.79. The summed E-state index contributed by atoms with van der Waals surface area (Å²) in [6.07, 6.45) is 1.26. The molecule has 1 aromatic heterocycles. The number of hydrogen-bond donors (Lipinski definition) is 1. The first kappa shape index (κ1) is 13.6. The highest BCUT2D eigenvalue weighted by Gasteiger charge is 2.36. The van der Waals surface area contributed by atoms with Crippen LogP contribution in [0.25, 0.3) is 0 Å². The molecule has 2 unspecified atom stereocenters. The van der Waals surface area contributed by atoms with Gasteiger partial charge < -0.3 is 14.5 Å².